The Morgan fingerprint density at radius 1 is 0.337 bits per heavy atom. The standard InChI is InChI=1S/C32H12BF24.C22H15N2OS/c34-25(35,36)13-1-14(26(37,38)39)6-21(5-13)33(22-7-15(27(40,41)42)2-16(8-22)28(43,44)45,23-9-17(29(46,47)48)3-18(10-23)30(49,50)51)24-11-19(31(52,53)54)4-20(12-24)32(55,56)57;23-14-17-6-10-20(11-7-17)26(21-12-8-18(15-24)9-13-21)16-22(25)19-4-2-1-3-5-19/h1-12H;1-13H,16H2/q-1;+1. The monoisotopic (exact) mass is 1220 g/mol. The highest BCUT2D eigenvalue weighted by atomic mass is 32.2. The summed E-state index contributed by atoms with van der Waals surface area (Å²) in [4.78, 5) is 14.7. The third-order valence-corrected chi connectivity index (χ3v) is 14.6. The number of hydrogen-bond donors (Lipinski definition) is 0. The zero-order valence-electron chi connectivity index (χ0n) is 40.5. The summed E-state index contributed by atoms with van der Waals surface area (Å²) in [5.41, 5.74) is -28.3. The maximum atomic E-state index is 14.2. The van der Waals surface area contributed by atoms with E-state index in [1.54, 1.807) is 24.3 Å². The zero-order chi connectivity index (χ0) is 62.3. The first-order valence-electron chi connectivity index (χ1n) is 22.6. The molecule has 0 bridgehead atoms. The predicted octanol–water partition coefficient (Wildman–Crippen LogP) is 15.6. The van der Waals surface area contributed by atoms with Gasteiger partial charge in [0.1, 0.15) is 6.15 Å². The average molecular weight is 1220 g/mol. The van der Waals surface area contributed by atoms with Crippen molar-refractivity contribution in [3.63, 3.8) is 0 Å². The Hall–Kier alpha value is -8.08. The first kappa shape index (κ1) is 64.1. The Bertz CT molecular complexity index is 3090. The van der Waals surface area contributed by atoms with Gasteiger partial charge in [-0.2, -0.15) is 138 Å². The van der Waals surface area contributed by atoms with Gasteiger partial charge >= 0.3 is 49.4 Å². The number of Topliss-reactive ketones (excluding diaryl/α,β-unsaturated/α-hetero) is 1. The summed E-state index contributed by atoms with van der Waals surface area (Å²) in [6, 6.07) is 19.3. The van der Waals surface area contributed by atoms with E-state index in [0.717, 1.165) is 9.79 Å². The largest absolute Gasteiger partial charge is 0.416 e. The molecule has 0 heterocycles. The van der Waals surface area contributed by atoms with Crippen LogP contribution in [0.4, 0.5) is 105 Å². The van der Waals surface area contributed by atoms with Crippen LogP contribution in [-0.4, -0.2) is 17.7 Å². The van der Waals surface area contributed by atoms with E-state index in [1.807, 2.05) is 54.6 Å². The number of carbonyl (C=O) groups is 1. The van der Waals surface area contributed by atoms with Crippen molar-refractivity contribution >= 4 is 44.7 Å². The number of hydrogen-bond acceptors (Lipinski definition) is 3. The molecule has 0 aliphatic rings. The van der Waals surface area contributed by atoms with Crippen LogP contribution in [-0.2, 0) is 60.3 Å². The summed E-state index contributed by atoms with van der Waals surface area (Å²) in [5, 5.41) is 18.0. The second kappa shape index (κ2) is 22.9. The molecule has 0 N–H and O–H groups in total. The quantitative estimate of drug-likeness (QED) is 0.0626. The lowest BCUT2D eigenvalue weighted by atomic mass is 9.12. The molecule has 0 saturated heterocycles. The summed E-state index contributed by atoms with van der Waals surface area (Å²) in [6.45, 7) is 0. The number of nitriles is 2. The van der Waals surface area contributed by atoms with Crippen molar-refractivity contribution in [1.82, 2.24) is 0 Å². The average Bonchev–Trinajstić information content (AvgIpc) is 2.94. The number of rotatable bonds is 9. The summed E-state index contributed by atoms with van der Waals surface area (Å²) >= 11 is 0. The van der Waals surface area contributed by atoms with E-state index in [0.29, 0.717) is 22.4 Å². The molecule has 436 valence electrons. The fraction of sp³-hybridized carbons (Fsp3) is 0.167. The Kier molecular flexibility index (Phi) is 17.7. The lowest BCUT2D eigenvalue weighted by Gasteiger charge is -2.46. The minimum absolute atomic E-state index is 0.0719. The van der Waals surface area contributed by atoms with E-state index in [-0.39, 0.29) is 5.78 Å². The number of alkyl halides is 24. The molecule has 0 saturated carbocycles. The number of benzene rings is 7. The van der Waals surface area contributed by atoms with Gasteiger partial charge in [-0.3, -0.25) is 4.79 Å². The molecule has 0 atom stereocenters. The Morgan fingerprint density at radius 3 is 0.747 bits per heavy atom. The molecule has 7 aromatic carbocycles. The van der Waals surface area contributed by atoms with Crippen molar-refractivity contribution in [2.45, 2.75) is 59.2 Å². The van der Waals surface area contributed by atoms with Crippen molar-refractivity contribution in [2.75, 3.05) is 5.75 Å². The minimum Gasteiger partial charge on any atom is -0.289 e. The highest BCUT2D eigenvalue weighted by Gasteiger charge is 2.47. The summed E-state index contributed by atoms with van der Waals surface area (Å²) in [5.74, 6) is 0.421. The van der Waals surface area contributed by atoms with Crippen LogP contribution in [0.1, 0.15) is 66.0 Å². The smallest absolute Gasteiger partial charge is 0.289 e. The molecule has 0 fully saturated rings. The van der Waals surface area contributed by atoms with E-state index < -0.39 is 206 Å². The molecule has 3 nitrogen and oxygen atoms in total. The van der Waals surface area contributed by atoms with Crippen molar-refractivity contribution < 1.29 is 110 Å². The predicted molar refractivity (Wildman–Crippen MR) is 252 cm³/mol. The first-order valence-corrected chi connectivity index (χ1v) is 24.0. The van der Waals surface area contributed by atoms with Crippen LogP contribution in [0.3, 0.4) is 0 Å². The normalized spacial score (nSPS) is 13.0. The van der Waals surface area contributed by atoms with Crippen LogP contribution >= 0.6 is 0 Å². The van der Waals surface area contributed by atoms with Gasteiger partial charge in [-0.1, -0.05) is 78.9 Å². The van der Waals surface area contributed by atoms with Gasteiger partial charge in [0.25, 0.3) is 0 Å². The highest BCUT2D eigenvalue weighted by molar-refractivity contribution is 7.97. The molecule has 29 heteroatoms. The summed E-state index contributed by atoms with van der Waals surface area (Å²) in [7, 11) is -0.471. The molecule has 7 rings (SSSR count). The number of ketones is 1. The van der Waals surface area contributed by atoms with E-state index in [2.05, 4.69) is 12.1 Å². The van der Waals surface area contributed by atoms with Crippen molar-refractivity contribution in [1.29, 1.82) is 10.5 Å². The molecule has 83 heavy (non-hydrogen) atoms. The molecular weight excluding hydrogens is 1190 g/mol. The third kappa shape index (κ3) is 15.0. The highest BCUT2D eigenvalue weighted by Crippen LogP contribution is 2.42. The molecule has 7 aromatic rings. The Morgan fingerprint density at radius 2 is 0.554 bits per heavy atom. The van der Waals surface area contributed by atoms with Crippen molar-refractivity contribution in [3.05, 3.63) is 213 Å². The van der Waals surface area contributed by atoms with Crippen molar-refractivity contribution in [3.8, 4) is 12.1 Å². The maximum absolute atomic E-state index is 14.2. The van der Waals surface area contributed by atoms with E-state index in [9.17, 15) is 110 Å². The first-order chi connectivity index (χ1) is 38.0. The molecule has 0 spiro atoms. The van der Waals surface area contributed by atoms with Crippen LogP contribution in [0.25, 0.3) is 0 Å². The lowest BCUT2D eigenvalue weighted by Crippen LogP contribution is -2.75. The minimum atomic E-state index is -6.13. The zero-order valence-corrected chi connectivity index (χ0v) is 41.3. The lowest BCUT2D eigenvalue weighted by molar-refractivity contribution is -0.144. The number of carbonyl (C=O) groups excluding carboxylic acids is 1. The van der Waals surface area contributed by atoms with Crippen LogP contribution in [0, 0.1) is 22.7 Å². The topological polar surface area (TPSA) is 64.7 Å². The maximum Gasteiger partial charge on any atom is 0.416 e. The summed E-state index contributed by atoms with van der Waals surface area (Å²) < 4.78 is 341. The van der Waals surface area contributed by atoms with Gasteiger partial charge in [0.05, 0.1) is 78.7 Å². The van der Waals surface area contributed by atoms with Gasteiger partial charge in [0.15, 0.2) is 15.5 Å². The van der Waals surface area contributed by atoms with Crippen LogP contribution in [0.2, 0.25) is 0 Å². The Labute approximate surface area is 454 Å². The summed E-state index contributed by atoms with van der Waals surface area (Å²) in [6.07, 6.45) is -54.8. The van der Waals surface area contributed by atoms with E-state index in [1.165, 1.54) is 0 Å². The molecule has 0 amide bonds. The van der Waals surface area contributed by atoms with Gasteiger partial charge in [-0.15, -0.1) is 0 Å². The van der Waals surface area contributed by atoms with Gasteiger partial charge in [0.2, 0.25) is 5.78 Å². The third-order valence-electron chi connectivity index (χ3n) is 12.3. The molecule has 0 unspecified atom stereocenters. The SMILES string of the molecule is FC(F)(F)c1cc([B-](c2cc(C(F)(F)F)cc(C(F)(F)F)c2)(c2cc(C(F)(F)F)cc(C(F)(F)F)c2)c2cc(C(F)(F)F)cc(C(F)(F)F)c2)cc(C(F)(F)F)c1.N#Cc1ccc([S+](CC(=O)c2ccccc2)c2ccc(C#N)cc2)cc1. The molecule has 0 aliphatic heterocycles. The van der Waals surface area contributed by atoms with Gasteiger partial charge in [-0.05, 0) is 72.8 Å². The fourth-order valence-electron chi connectivity index (χ4n) is 8.60. The second-order valence-electron chi connectivity index (χ2n) is 17.8. The van der Waals surface area contributed by atoms with Crippen molar-refractivity contribution in [2.24, 2.45) is 0 Å². The number of nitrogens with zero attached hydrogens (tertiary/aromatic N) is 2. The van der Waals surface area contributed by atoms with Gasteiger partial charge in [-0.25, -0.2) is 0 Å². The van der Waals surface area contributed by atoms with Crippen LogP contribution < -0.4 is 21.9 Å². The number of halogens is 24. The van der Waals surface area contributed by atoms with Crippen LogP contribution in [0.15, 0.2) is 161 Å². The molecule has 0 aliphatic carbocycles. The second-order valence-corrected chi connectivity index (χ2v) is 19.8. The fourth-order valence-corrected chi connectivity index (χ4v) is 10.6. The molecular formula is C54H27BF24N2OS. The molecule has 0 radical (unpaired) electrons. The van der Waals surface area contributed by atoms with Crippen LogP contribution in [0.5, 0.6) is 0 Å². The Balaban J connectivity index is 0.000000352. The van der Waals surface area contributed by atoms with E-state index >= 15 is 0 Å². The van der Waals surface area contributed by atoms with Gasteiger partial charge < -0.3 is 0 Å². The molecule has 0 aromatic heterocycles. The van der Waals surface area contributed by atoms with E-state index in [4.69, 9.17) is 10.5 Å². The van der Waals surface area contributed by atoms with Gasteiger partial charge in [0, 0.05) is 5.56 Å².